The van der Waals surface area contributed by atoms with Crippen LogP contribution in [0.1, 0.15) is 77.5 Å². The molecular formula is C32H44NO2+. The molecule has 3 heteroatoms. The normalized spacial score (nSPS) is 32.5. The van der Waals surface area contributed by atoms with Crippen molar-refractivity contribution < 1.29 is 14.0 Å². The van der Waals surface area contributed by atoms with Crippen LogP contribution < -0.4 is 9.47 Å². The van der Waals surface area contributed by atoms with E-state index in [1.54, 1.807) is 7.11 Å². The molecule has 35 heavy (non-hydrogen) atoms. The van der Waals surface area contributed by atoms with Crippen molar-refractivity contribution in [3.8, 4) is 11.5 Å². The molecule has 6 unspecified atom stereocenters. The maximum absolute atomic E-state index is 5.84. The maximum Gasteiger partial charge on any atom is 0.206 e. The number of aryl methyl sites for hydroxylation is 1. The van der Waals surface area contributed by atoms with Gasteiger partial charge in [0.1, 0.15) is 11.5 Å². The van der Waals surface area contributed by atoms with Crippen molar-refractivity contribution >= 4 is 11.4 Å². The molecular weight excluding hydrogens is 430 g/mol. The SMILES string of the molecule is COc1ccc([N+]2=C3CCCc4cc(OC)cc(c43)C2(C)C(C)CC2C(C)C(C)C(C)C2C)cc1. The third-order valence-corrected chi connectivity index (χ3v) is 10.6. The highest BCUT2D eigenvalue weighted by molar-refractivity contribution is 6.03. The lowest BCUT2D eigenvalue weighted by Gasteiger charge is -2.34. The first-order valence-corrected chi connectivity index (χ1v) is 13.7. The van der Waals surface area contributed by atoms with Gasteiger partial charge in [-0.1, -0.05) is 34.6 Å². The Kier molecular flexibility index (Phi) is 6.26. The summed E-state index contributed by atoms with van der Waals surface area (Å²) in [5.41, 5.74) is 7.06. The predicted octanol–water partition coefficient (Wildman–Crippen LogP) is 7.60. The first-order chi connectivity index (χ1) is 16.7. The van der Waals surface area contributed by atoms with Crippen LogP contribution in [0.5, 0.6) is 11.5 Å². The van der Waals surface area contributed by atoms with Gasteiger partial charge in [-0.05, 0) is 78.7 Å². The summed E-state index contributed by atoms with van der Waals surface area (Å²) < 4.78 is 14.0. The van der Waals surface area contributed by atoms with Crippen LogP contribution >= 0.6 is 0 Å². The van der Waals surface area contributed by atoms with Crippen LogP contribution in [0.4, 0.5) is 5.69 Å². The van der Waals surface area contributed by atoms with E-state index in [2.05, 4.69) is 82.5 Å². The third-order valence-electron chi connectivity index (χ3n) is 10.6. The number of hydrogen-bond donors (Lipinski definition) is 0. The number of rotatable bonds is 6. The fourth-order valence-corrected chi connectivity index (χ4v) is 7.85. The molecule has 0 amide bonds. The van der Waals surface area contributed by atoms with Gasteiger partial charge in [-0.3, -0.25) is 0 Å². The Labute approximate surface area is 212 Å². The predicted molar refractivity (Wildman–Crippen MR) is 144 cm³/mol. The van der Waals surface area contributed by atoms with E-state index in [1.165, 1.54) is 40.9 Å². The van der Waals surface area contributed by atoms with E-state index in [1.807, 2.05) is 7.11 Å². The molecule has 5 rings (SSSR count). The fourth-order valence-electron chi connectivity index (χ4n) is 7.85. The molecule has 1 aliphatic heterocycles. The summed E-state index contributed by atoms with van der Waals surface area (Å²) in [6, 6.07) is 13.3. The fraction of sp³-hybridized carbons (Fsp3) is 0.594. The minimum atomic E-state index is -0.124. The molecule has 188 valence electrons. The Balaban J connectivity index is 1.66. The molecule has 0 bridgehead atoms. The molecule has 3 nitrogen and oxygen atoms in total. The number of ether oxygens (including phenoxy) is 2. The molecule has 2 aromatic carbocycles. The first kappa shape index (κ1) is 24.4. The Morgan fingerprint density at radius 1 is 0.886 bits per heavy atom. The van der Waals surface area contributed by atoms with Crippen molar-refractivity contribution in [1.29, 1.82) is 0 Å². The van der Waals surface area contributed by atoms with Crippen LogP contribution in [-0.4, -0.2) is 24.5 Å². The Morgan fingerprint density at radius 2 is 1.51 bits per heavy atom. The molecule has 1 heterocycles. The van der Waals surface area contributed by atoms with Gasteiger partial charge < -0.3 is 9.47 Å². The van der Waals surface area contributed by atoms with E-state index < -0.39 is 0 Å². The first-order valence-electron chi connectivity index (χ1n) is 13.7. The van der Waals surface area contributed by atoms with Gasteiger partial charge >= 0.3 is 0 Å². The summed E-state index contributed by atoms with van der Waals surface area (Å²) in [6.45, 7) is 14.9. The number of benzene rings is 2. The summed E-state index contributed by atoms with van der Waals surface area (Å²) in [5, 5.41) is 0. The highest BCUT2D eigenvalue weighted by Gasteiger charge is 2.56. The van der Waals surface area contributed by atoms with E-state index in [4.69, 9.17) is 9.47 Å². The lowest BCUT2D eigenvalue weighted by molar-refractivity contribution is -0.547. The second-order valence-electron chi connectivity index (χ2n) is 11.9. The van der Waals surface area contributed by atoms with Crippen molar-refractivity contribution in [1.82, 2.24) is 0 Å². The van der Waals surface area contributed by atoms with E-state index in [0.717, 1.165) is 53.9 Å². The van der Waals surface area contributed by atoms with E-state index in [0.29, 0.717) is 5.92 Å². The average Bonchev–Trinajstić information content (AvgIpc) is 3.24. The molecule has 0 aromatic heterocycles. The van der Waals surface area contributed by atoms with Gasteiger partial charge in [-0.15, -0.1) is 0 Å². The summed E-state index contributed by atoms with van der Waals surface area (Å²) in [6.07, 6.45) is 4.71. The Hall–Kier alpha value is -2.29. The van der Waals surface area contributed by atoms with Crippen molar-refractivity contribution in [2.24, 2.45) is 35.5 Å². The monoisotopic (exact) mass is 474 g/mol. The topological polar surface area (TPSA) is 21.5 Å². The second kappa shape index (κ2) is 8.98. The van der Waals surface area contributed by atoms with Gasteiger partial charge in [0, 0.05) is 37.0 Å². The van der Waals surface area contributed by atoms with Crippen LogP contribution in [0.3, 0.4) is 0 Å². The minimum absolute atomic E-state index is 0.124. The lowest BCUT2D eigenvalue weighted by Crippen LogP contribution is -2.40. The minimum Gasteiger partial charge on any atom is -0.497 e. The standard InChI is InChI=1S/C32H44NO2/c1-19(16-28-22(4)20(2)21(3)23(28)5)32(6)29-18-27(35-8)17-24-10-9-11-30(31(24)29)33(32)25-12-14-26(34-7)15-13-25/h12-15,17-23,28H,9-11,16H2,1-8H3/q+1. The molecule has 6 atom stereocenters. The van der Waals surface area contributed by atoms with Crippen molar-refractivity contribution in [3.63, 3.8) is 0 Å². The van der Waals surface area contributed by atoms with Gasteiger partial charge in [0.2, 0.25) is 5.69 Å². The summed E-state index contributed by atoms with van der Waals surface area (Å²) in [7, 11) is 3.55. The molecule has 1 fully saturated rings. The Morgan fingerprint density at radius 3 is 2.11 bits per heavy atom. The van der Waals surface area contributed by atoms with Gasteiger partial charge in [0.05, 0.1) is 19.8 Å². The molecule has 2 aliphatic carbocycles. The third kappa shape index (κ3) is 3.64. The molecule has 0 radical (unpaired) electrons. The van der Waals surface area contributed by atoms with Crippen LogP contribution in [0, 0.1) is 35.5 Å². The largest absolute Gasteiger partial charge is 0.497 e. The summed E-state index contributed by atoms with van der Waals surface area (Å²) in [5.74, 6) is 6.27. The van der Waals surface area contributed by atoms with Crippen molar-refractivity contribution in [3.05, 3.63) is 53.1 Å². The molecule has 0 N–H and O–H groups in total. The average molecular weight is 475 g/mol. The molecule has 3 aliphatic rings. The van der Waals surface area contributed by atoms with E-state index in [-0.39, 0.29) is 5.54 Å². The lowest BCUT2D eigenvalue weighted by atomic mass is 9.71. The maximum atomic E-state index is 5.84. The van der Waals surface area contributed by atoms with Gasteiger partial charge in [-0.25, -0.2) is 0 Å². The Bertz CT molecular complexity index is 1120. The number of methoxy groups -OCH3 is 2. The van der Waals surface area contributed by atoms with Crippen LogP contribution in [0.2, 0.25) is 0 Å². The highest BCUT2D eigenvalue weighted by atomic mass is 16.5. The van der Waals surface area contributed by atoms with Gasteiger partial charge in [-0.2, -0.15) is 4.58 Å². The number of nitrogens with zero attached hydrogens (tertiary/aromatic N) is 1. The zero-order chi connectivity index (χ0) is 25.1. The van der Waals surface area contributed by atoms with Crippen molar-refractivity contribution in [2.75, 3.05) is 14.2 Å². The van der Waals surface area contributed by atoms with E-state index in [9.17, 15) is 0 Å². The van der Waals surface area contributed by atoms with Gasteiger partial charge in [0.25, 0.3) is 0 Å². The van der Waals surface area contributed by atoms with Crippen LogP contribution in [-0.2, 0) is 12.0 Å². The van der Waals surface area contributed by atoms with Crippen LogP contribution in [0.15, 0.2) is 36.4 Å². The second-order valence-corrected chi connectivity index (χ2v) is 11.9. The zero-order valence-electron chi connectivity index (χ0n) is 23.0. The van der Waals surface area contributed by atoms with E-state index >= 15 is 0 Å². The van der Waals surface area contributed by atoms with Crippen molar-refractivity contribution in [2.45, 2.75) is 72.8 Å². The molecule has 2 aromatic rings. The molecule has 0 spiro atoms. The molecule has 1 saturated carbocycles. The quantitative estimate of drug-likeness (QED) is 0.402. The van der Waals surface area contributed by atoms with Gasteiger partial charge in [0.15, 0.2) is 11.3 Å². The number of hydrogen-bond acceptors (Lipinski definition) is 2. The smallest absolute Gasteiger partial charge is 0.206 e. The summed E-state index contributed by atoms with van der Waals surface area (Å²) >= 11 is 0. The molecule has 0 saturated heterocycles. The zero-order valence-corrected chi connectivity index (χ0v) is 23.0. The summed E-state index contributed by atoms with van der Waals surface area (Å²) in [4.78, 5) is 0. The van der Waals surface area contributed by atoms with Crippen LogP contribution in [0.25, 0.3) is 0 Å². The highest BCUT2D eigenvalue weighted by Crippen LogP contribution is 2.54.